The van der Waals surface area contributed by atoms with Crippen LogP contribution in [0.1, 0.15) is 18.5 Å². The van der Waals surface area contributed by atoms with Gasteiger partial charge in [-0.1, -0.05) is 0 Å². The van der Waals surface area contributed by atoms with Crippen molar-refractivity contribution in [2.75, 3.05) is 13.7 Å². The third-order valence-electron chi connectivity index (χ3n) is 2.27. The molecule has 0 radical (unpaired) electrons. The first-order valence-electron chi connectivity index (χ1n) is 5.35. The first kappa shape index (κ1) is 14.1. The molecule has 5 nitrogen and oxygen atoms in total. The van der Waals surface area contributed by atoms with E-state index < -0.39 is 19.0 Å². The molecule has 100 valence electrons. The lowest BCUT2D eigenvalue weighted by Gasteiger charge is -2.17. The lowest BCUT2D eigenvalue weighted by atomic mass is 10.1. The van der Waals surface area contributed by atoms with Crippen molar-refractivity contribution in [3.8, 4) is 5.75 Å². The van der Waals surface area contributed by atoms with Crippen LogP contribution in [0.3, 0.4) is 0 Å². The Bertz CT molecular complexity index is 402. The summed E-state index contributed by atoms with van der Waals surface area (Å²) in [7, 11) is 1.49. The van der Waals surface area contributed by atoms with Gasteiger partial charge in [-0.2, -0.15) is 0 Å². The number of pyridine rings is 1. The summed E-state index contributed by atoms with van der Waals surface area (Å²) in [4.78, 5) is 15.2. The van der Waals surface area contributed by atoms with Crippen LogP contribution in [0.25, 0.3) is 0 Å². The average molecular weight is 259 g/mol. The quantitative estimate of drug-likeness (QED) is 0.846. The molecule has 7 heteroatoms. The number of ether oxygens (including phenoxy) is 1. The lowest BCUT2D eigenvalue weighted by Crippen LogP contribution is -2.39. The van der Waals surface area contributed by atoms with Gasteiger partial charge in [0.25, 0.3) is 6.43 Å². The van der Waals surface area contributed by atoms with E-state index in [1.807, 2.05) is 0 Å². The number of carbonyl (C=O) groups is 1. The Morgan fingerprint density at radius 3 is 2.89 bits per heavy atom. The van der Waals surface area contributed by atoms with Gasteiger partial charge in [0, 0.05) is 11.8 Å². The van der Waals surface area contributed by atoms with Gasteiger partial charge in [0.1, 0.15) is 5.75 Å². The van der Waals surface area contributed by atoms with Crippen molar-refractivity contribution in [1.82, 2.24) is 15.6 Å². The normalized spacial score (nSPS) is 12.1. The fraction of sp³-hybridized carbons (Fsp3) is 0.455. The molecule has 1 rings (SSSR count). The highest BCUT2D eigenvalue weighted by Crippen LogP contribution is 2.22. The minimum absolute atomic E-state index is 0.374. The van der Waals surface area contributed by atoms with Crippen molar-refractivity contribution in [2.45, 2.75) is 19.4 Å². The van der Waals surface area contributed by atoms with Crippen molar-refractivity contribution < 1.29 is 18.3 Å². The molecule has 0 spiro atoms. The Kier molecular flexibility index (Phi) is 5.29. The van der Waals surface area contributed by atoms with Gasteiger partial charge in [-0.25, -0.2) is 13.6 Å². The van der Waals surface area contributed by atoms with Gasteiger partial charge in [-0.05, 0) is 13.0 Å². The van der Waals surface area contributed by atoms with Crippen molar-refractivity contribution in [3.05, 3.63) is 24.0 Å². The molecule has 0 aliphatic heterocycles. The molecule has 2 N–H and O–H groups in total. The number of urea groups is 1. The summed E-state index contributed by atoms with van der Waals surface area (Å²) >= 11 is 0. The average Bonchev–Trinajstić information content (AvgIpc) is 2.36. The summed E-state index contributed by atoms with van der Waals surface area (Å²) in [5, 5.41) is 4.60. The summed E-state index contributed by atoms with van der Waals surface area (Å²) < 4.78 is 28.9. The molecular formula is C11H15F2N3O2. The molecule has 1 atom stereocenters. The van der Waals surface area contributed by atoms with Gasteiger partial charge in [0.2, 0.25) is 0 Å². The van der Waals surface area contributed by atoms with Crippen LogP contribution >= 0.6 is 0 Å². The number of rotatable bonds is 5. The third-order valence-corrected chi connectivity index (χ3v) is 2.27. The van der Waals surface area contributed by atoms with E-state index in [4.69, 9.17) is 4.74 Å². The molecule has 0 fully saturated rings. The molecular weight excluding hydrogens is 244 g/mol. The zero-order valence-electron chi connectivity index (χ0n) is 10.1. The van der Waals surface area contributed by atoms with Crippen LogP contribution in [-0.4, -0.2) is 31.1 Å². The van der Waals surface area contributed by atoms with Crippen molar-refractivity contribution in [2.24, 2.45) is 0 Å². The second-order valence-electron chi connectivity index (χ2n) is 3.58. The number of halogens is 2. The van der Waals surface area contributed by atoms with Gasteiger partial charge in [0.05, 0.1) is 25.9 Å². The number of nitrogens with zero attached hydrogens (tertiary/aromatic N) is 1. The Balaban J connectivity index is 2.59. The number of hydrogen-bond donors (Lipinski definition) is 2. The number of hydrogen-bond acceptors (Lipinski definition) is 3. The highest BCUT2D eigenvalue weighted by Gasteiger charge is 2.14. The van der Waals surface area contributed by atoms with E-state index in [1.54, 1.807) is 19.2 Å². The van der Waals surface area contributed by atoms with Crippen LogP contribution in [0, 0.1) is 0 Å². The Hall–Kier alpha value is -1.92. The SMILES string of the molecule is COc1cnccc1[C@H](C)NC(=O)NCC(F)F. The highest BCUT2D eigenvalue weighted by molar-refractivity contribution is 5.74. The first-order valence-corrected chi connectivity index (χ1v) is 5.35. The fourth-order valence-corrected chi connectivity index (χ4v) is 1.41. The molecule has 2 amide bonds. The largest absolute Gasteiger partial charge is 0.495 e. The number of nitrogens with one attached hydrogen (secondary N) is 2. The molecule has 1 aromatic rings. The number of carbonyl (C=O) groups excluding carboxylic acids is 1. The van der Waals surface area contributed by atoms with Crippen LogP contribution in [0.15, 0.2) is 18.5 Å². The van der Waals surface area contributed by atoms with E-state index in [-0.39, 0.29) is 6.04 Å². The monoisotopic (exact) mass is 259 g/mol. The summed E-state index contributed by atoms with van der Waals surface area (Å²) in [6, 6.07) is 0.666. The van der Waals surface area contributed by atoms with Gasteiger partial charge >= 0.3 is 6.03 Å². The van der Waals surface area contributed by atoms with Gasteiger partial charge in [0.15, 0.2) is 0 Å². The highest BCUT2D eigenvalue weighted by atomic mass is 19.3. The van der Waals surface area contributed by atoms with Crippen LogP contribution in [-0.2, 0) is 0 Å². The van der Waals surface area contributed by atoms with Crippen LogP contribution < -0.4 is 15.4 Å². The smallest absolute Gasteiger partial charge is 0.315 e. The Morgan fingerprint density at radius 2 is 2.28 bits per heavy atom. The van der Waals surface area contributed by atoms with Gasteiger partial charge in [-0.3, -0.25) is 4.98 Å². The maximum atomic E-state index is 11.9. The summed E-state index contributed by atoms with van der Waals surface area (Å²) in [5.41, 5.74) is 0.722. The zero-order valence-corrected chi connectivity index (χ0v) is 10.1. The predicted octanol–water partition coefficient (Wildman–Crippen LogP) is 1.72. The molecule has 0 aliphatic carbocycles. The lowest BCUT2D eigenvalue weighted by molar-refractivity contribution is 0.146. The van der Waals surface area contributed by atoms with E-state index in [9.17, 15) is 13.6 Å². The fourth-order valence-electron chi connectivity index (χ4n) is 1.41. The minimum Gasteiger partial charge on any atom is -0.495 e. The minimum atomic E-state index is -2.57. The number of aromatic nitrogens is 1. The van der Waals surface area contributed by atoms with Crippen molar-refractivity contribution >= 4 is 6.03 Å². The molecule has 0 aliphatic rings. The molecule has 0 saturated heterocycles. The Labute approximate surface area is 104 Å². The molecule has 0 saturated carbocycles. The van der Waals surface area contributed by atoms with Gasteiger partial charge in [-0.15, -0.1) is 0 Å². The number of alkyl halides is 2. The standard InChI is InChI=1S/C11H15F2N3O2/c1-7(16-11(17)15-6-10(12)13)8-3-4-14-5-9(8)18-2/h3-5,7,10H,6H2,1-2H3,(H2,15,16,17)/t7-/m0/s1. The summed E-state index contributed by atoms with van der Waals surface area (Å²) in [5.74, 6) is 0.527. The Morgan fingerprint density at radius 1 is 1.56 bits per heavy atom. The number of methoxy groups -OCH3 is 1. The van der Waals surface area contributed by atoms with E-state index in [0.717, 1.165) is 5.56 Å². The zero-order chi connectivity index (χ0) is 13.5. The second-order valence-corrected chi connectivity index (χ2v) is 3.58. The molecule has 0 unspecified atom stereocenters. The maximum absolute atomic E-state index is 11.9. The van der Waals surface area contributed by atoms with E-state index in [0.29, 0.717) is 5.75 Å². The van der Waals surface area contributed by atoms with Crippen molar-refractivity contribution in [1.29, 1.82) is 0 Å². The van der Waals surface area contributed by atoms with E-state index in [2.05, 4.69) is 15.6 Å². The first-order chi connectivity index (χ1) is 8.54. The summed E-state index contributed by atoms with van der Waals surface area (Å²) in [6.45, 7) is 1.05. The number of amides is 2. The van der Waals surface area contributed by atoms with Crippen molar-refractivity contribution in [3.63, 3.8) is 0 Å². The van der Waals surface area contributed by atoms with Crippen LogP contribution in [0.5, 0.6) is 5.75 Å². The second kappa shape index (κ2) is 6.73. The van der Waals surface area contributed by atoms with Gasteiger partial charge < -0.3 is 15.4 Å². The molecule has 1 aromatic heterocycles. The molecule has 1 heterocycles. The molecule has 18 heavy (non-hydrogen) atoms. The van der Waals surface area contributed by atoms with E-state index in [1.165, 1.54) is 13.3 Å². The maximum Gasteiger partial charge on any atom is 0.315 e. The van der Waals surface area contributed by atoms with E-state index >= 15 is 0 Å². The molecule has 0 aromatic carbocycles. The predicted molar refractivity (Wildman–Crippen MR) is 61.7 cm³/mol. The summed E-state index contributed by atoms with van der Waals surface area (Å²) in [6.07, 6.45) is 0.513. The van der Waals surface area contributed by atoms with Crippen LogP contribution in [0.2, 0.25) is 0 Å². The third kappa shape index (κ3) is 4.15. The topological polar surface area (TPSA) is 63.2 Å². The molecule has 0 bridgehead atoms. The van der Waals surface area contributed by atoms with Crippen LogP contribution in [0.4, 0.5) is 13.6 Å².